The average Bonchev–Trinajstić information content (AvgIpc) is 2.56. The number of amides is 2. The zero-order chi connectivity index (χ0) is 13.3. The quantitative estimate of drug-likeness (QED) is 0.770. The number of hydrogen-bond donors (Lipinski definition) is 0. The lowest BCUT2D eigenvalue weighted by molar-refractivity contribution is -0.120. The molecule has 0 atom stereocenters. The van der Waals surface area contributed by atoms with E-state index in [0.717, 1.165) is 11.0 Å². The number of ether oxygens (including phenoxy) is 1. The summed E-state index contributed by atoms with van der Waals surface area (Å²) in [6.07, 6.45) is 1.23. The van der Waals surface area contributed by atoms with Gasteiger partial charge in [0.05, 0.1) is 12.3 Å². The summed E-state index contributed by atoms with van der Waals surface area (Å²) >= 11 is 0. The zero-order valence-corrected chi connectivity index (χ0v) is 10.1. The van der Waals surface area contributed by atoms with E-state index >= 15 is 0 Å². The lowest BCUT2D eigenvalue weighted by Crippen LogP contribution is -2.30. The minimum Gasteiger partial charge on any atom is -0.491 e. The second kappa shape index (κ2) is 4.60. The fourth-order valence-electron chi connectivity index (χ4n) is 1.73. The molecule has 1 aromatic rings. The van der Waals surface area contributed by atoms with Crippen molar-refractivity contribution in [2.24, 2.45) is 0 Å². The third kappa shape index (κ3) is 1.99. The van der Waals surface area contributed by atoms with Crippen molar-refractivity contribution in [2.75, 3.05) is 11.5 Å². The molecule has 94 valence electrons. The van der Waals surface area contributed by atoms with Gasteiger partial charge in [0.2, 0.25) is 0 Å². The van der Waals surface area contributed by atoms with Crippen LogP contribution in [0.15, 0.2) is 29.8 Å². The van der Waals surface area contributed by atoms with Crippen LogP contribution in [0.4, 0.5) is 10.1 Å². The van der Waals surface area contributed by atoms with Crippen molar-refractivity contribution in [3.8, 4) is 5.75 Å². The fourth-order valence-corrected chi connectivity index (χ4v) is 1.73. The van der Waals surface area contributed by atoms with E-state index < -0.39 is 17.6 Å². The Labute approximate surface area is 104 Å². The maximum absolute atomic E-state index is 13.7. The number of hydrogen-bond acceptors (Lipinski definition) is 3. The first-order chi connectivity index (χ1) is 8.54. The summed E-state index contributed by atoms with van der Waals surface area (Å²) in [5.74, 6) is -1.38. The Bertz CT molecular complexity index is 551. The third-order valence-corrected chi connectivity index (χ3v) is 2.57. The van der Waals surface area contributed by atoms with E-state index in [1.807, 2.05) is 0 Å². The van der Waals surface area contributed by atoms with Gasteiger partial charge in [-0.25, -0.2) is 9.29 Å². The first kappa shape index (κ1) is 12.3. The van der Waals surface area contributed by atoms with Crippen LogP contribution in [0.1, 0.15) is 13.8 Å². The fraction of sp³-hybridized carbons (Fsp3) is 0.231. The maximum atomic E-state index is 13.7. The Kier molecular flexibility index (Phi) is 3.14. The molecule has 4 nitrogen and oxygen atoms in total. The number of carbonyl (C=O) groups excluding carboxylic acids is 2. The molecule has 0 unspecified atom stereocenters. The van der Waals surface area contributed by atoms with Gasteiger partial charge in [-0.15, -0.1) is 0 Å². The molecule has 2 amide bonds. The van der Waals surface area contributed by atoms with E-state index in [0.29, 0.717) is 12.2 Å². The molecule has 1 heterocycles. The first-order valence-corrected chi connectivity index (χ1v) is 5.53. The summed E-state index contributed by atoms with van der Waals surface area (Å²) in [4.78, 5) is 24.3. The summed E-state index contributed by atoms with van der Waals surface area (Å²) in [6.45, 7) is 3.64. The molecular weight excluding hydrogens is 237 g/mol. The highest BCUT2D eigenvalue weighted by atomic mass is 19.1. The van der Waals surface area contributed by atoms with Crippen LogP contribution < -0.4 is 9.64 Å². The minimum atomic E-state index is -0.598. The van der Waals surface area contributed by atoms with Crippen molar-refractivity contribution in [3.63, 3.8) is 0 Å². The number of halogens is 1. The predicted octanol–water partition coefficient (Wildman–Crippen LogP) is 2.04. The van der Waals surface area contributed by atoms with Crippen LogP contribution in [0, 0.1) is 5.82 Å². The highest BCUT2D eigenvalue weighted by molar-refractivity contribution is 6.30. The molecule has 0 fully saturated rings. The highest BCUT2D eigenvalue weighted by Gasteiger charge is 2.30. The molecule has 1 aliphatic heterocycles. The lowest BCUT2D eigenvalue weighted by Gasteiger charge is -2.15. The second-order valence-corrected chi connectivity index (χ2v) is 3.85. The lowest BCUT2D eigenvalue weighted by atomic mass is 10.2. The van der Waals surface area contributed by atoms with Gasteiger partial charge in [-0.2, -0.15) is 0 Å². The van der Waals surface area contributed by atoms with Crippen molar-refractivity contribution in [2.45, 2.75) is 13.8 Å². The van der Waals surface area contributed by atoms with Gasteiger partial charge in [-0.3, -0.25) is 9.59 Å². The van der Waals surface area contributed by atoms with Crippen molar-refractivity contribution in [1.29, 1.82) is 0 Å². The molecule has 1 aliphatic rings. The Balaban J connectivity index is 2.33. The Morgan fingerprint density at radius 3 is 2.56 bits per heavy atom. The van der Waals surface area contributed by atoms with Crippen molar-refractivity contribution >= 4 is 17.5 Å². The van der Waals surface area contributed by atoms with Crippen molar-refractivity contribution in [3.05, 3.63) is 35.7 Å². The SMILES string of the molecule is CCOc1ccc(N2C(=O)C=C(C)C2=O)cc1F. The molecular formula is C13H12FNO3. The van der Waals surface area contributed by atoms with Gasteiger partial charge < -0.3 is 4.74 Å². The van der Waals surface area contributed by atoms with Gasteiger partial charge in [0.1, 0.15) is 0 Å². The molecule has 0 spiro atoms. The van der Waals surface area contributed by atoms with Gasteiger partial charge in [-0.05, 0) is 26.0 Å². The van der Waals surface area contributed by atoms with Gasteiger partial charge in [0, 0.05) is 17.7 Å². The van der Waals surface area contributed by atoms with E-state index in [2.05, 4.69) is 0 Å². The molecule has 5 heteroatoms. The largest absolute Gasteiger partial charge is 0.491 e. The molecule has 0 bridgehead atoms. The molecule has 0 aromatic heterocycles. The molecule has 18 heavy (non-hydrogen) atoms. The molecule has 2 rings (SSSR count). The van der Waals surface area contributed by atoms with Gasteiger partial charge in [-0.1, -0.05) is 0 Å². The summed E-state index contributed by atoms with van der Waals surface area (Å²) < 4.78 is 18.7. The molecule has 1 aromatic carbocycles. The number of benzene rings is 1. The van der Waals surface area contributed by atoms with Crippen LogP contribution in [0.3, 0.4) is 0 Å². The monoisotopic (exact) mass is 249 g/mol. The number of imide groups is 1. The number of rotatable bonds is 3. The number of carbonyl (C=O) groups is 2. The van der Waals surface area contributed by atoms with Crippen LogP contribution in [0.25, 0.3) is 0 Å². The first-order valence-electron chi connectivity index (χ1n) is 5.53. The molecule has 0 saturated carbocycles. The van der Waals surface area contributed by atoms with E-state index in [1.54, 1.807) is 13.8 Å². The standard InChI is InChI=1S/C13H12FNO3/c1-3-18-11-5-4-9(7-10(11)14)15-12(16)6-8(2)13(15)17/h4-7H,3H2,1-2H3. The smallest absolute Gasteiger partial charge is 0.261 e. The summed E-state index contributed by atoms with van der Waals surface area (Å²) in [7, 11) is 0. The van der Waals surface area contributed by atoms with Crippen molar-refractivity contribution in [1.82, 2.24) is 0 Å². The van der Waals surface area contributed by atoms with Gasteiger partial charge in [0.25, 0.3) is 11.8 Å². The van der Waals surface area contributed by atoms with Crippen molar-refractivity contribution < 1.29 is 18.7 Å². The normalized spacial score (nSPS) is 15.1. The van der Waals surface area contributed by atoms with Gasteiger partial charge >= 0.3 is 0 Å². The van der Waals surface area contributed by atoms with Crippen LogP contribution in [0.5, 0.6) is 5.75 Å². The van der Waals surface area contributed by atoms with E-state index in [-0.39, 0.29) is 11.4 Å². The summed E-state index contributed by atoms with van der Waals surface area (Å²) in [5, 5.41) is 0. The van der Waals surface area contributed by atoms with Crippen LogP contribution in [0.2, 0.25) is 0 Å². The van der Waals surface area contributed by atoms with E-state index in [9.17, 15) is 14.0 Å². The second-order valence-electron chi connectivity index (χ2n) is 3.85. The predicted molar refractivity (Wildman–Crippen MR) is 63.8 cm³/mol. The molecule has 0 aliphatic carbocycles. The topological polar surface area (TPSA) is 46.6 Å². The Morgan fingerprint density at radius 1 is 1.33 bits per heavy atom. The van der Waals surface area contributed by atoms with Crippen LogP contribution in [-0.4, -0.2) is 18.4 Å². The number of anilines is 1. The molecule has 0 saturated heterocycles. The van der Waals surface area contributed by atoms with E-state index in [4.69, 9.17) is 4.74 Å². The minimum absolute atomic E-state index is 0.102. The third-order valence-electron chi connectivity index (χ3n) is 2.57. The van der Waals surface area contributed by atoms with Gasteiger partial charge in [0.15, 0.2) is 11.6 Å². The maximum Gasteiger partial charge on any atom is 0.261 e. The zero-order valence-electron chi connectivity index (χ0n) is 10.1. The Morgan fingerprint density at radius 2 is 2.06 bits per heavy atom. The summed E-state index contributed by atoms with van der Waals surface area (Å²) in [6, 6.07) is 4.01. The summed E-state index contributed by atoms with van der Waals surface area (Å²) in [5.41, 5.74) is 0.549. The molecule has 0 N–H and O–H groups in total. The average molecular weight is 249 g/mol. The van der Waals surface area contributed by atoms with Crippen LogP contribution in [-0.2, 0) is 9.59 Å². The van der Waals surface area contributed by atoms with Crippen LogP contribution >= 0.6 is 0 Å². The highest BCUT2D eigenvalue weighted by Crippen LogP contribution is 2.27. The molecule has 0 radical (unpaired) electrons. The van der Waals surface area contributed by atoms with E-state index in [1.165, 1.54) is 18.2 Å². The Hall–Kier alpha value is -2.17. The number of nitrogens with zero attached hydrogens (tertiary/aromatic N) is 1.